The summed E-state index contributed by atoms with van der Waals surface area (Å²) in [6, 6.07) is 13.5. The van der Waals surface area contributed by atoms with Crippen molar-refractivity contribution in [3.8, 4) is 17.1 Å². The molecule has 0 spiro atoms. The van der Waals surface area contributed by atoms with E-state index in [1.165, 1.54) is 12.1 Å². The summed E-state index contributed by atoms with van der Waals surface area (Å²) in [6.07, 6.45) is 4.67. The Bertz CT molecular complexity index is 1620. The lowest BCUT2D eigenvalue weighted by atomic mass is 9.76. The maximum Gasteiger partial charge on any atom is 0.264 e. The molecule has 1 saturated carbocycles. The SMILES string of the molecule is Cc1cccc(C)c1-c1cc2nc(n1)NS(=O)(=O)c1cccc(c1)C(=O)N([C@H]1CC[C@H](C(C)(C)O)CC1)[C@H](CCC(C)C)CO2. The number of nitrogens with zero attached hydrogens (tertiary/aromatic N) is 3. The average molecular weight is 635 g/mol. The van der Waals surface area contributed by atoms with Gasteiger partial charge in [-0.25, -0.2) is 18.1 Å². The van der Waals surface area contributed by atoms with Gasteiger partial charge in [0.25, 0.3) is 15.9 Å². The van der Waals surface area contributed by atoms with Crippen LogP contribution in [0.15, 0.2) is 53.4 Å². The van der Waals surface area contributed by atoms with Gasteiger partial charge in [-0.2, -0.15) is 4.98 Å². The molecule has 4 bridgehead atoms. The Morgan fingerprint density at radius 1 is 1.02 bits per heavy atom. The van der Waals surface area contributed by atoms with E-state index in [4.69, 9.17) is 4.74 Å². The molecule has 0 unspecified atom stereocenters. The molecule has 0 radical (unpaired) electrons. The highest BCUT2D eigenvalue weighted by Gasteiger charge is 2.38. The Morgan fingerprint density at radius 2 is 1.69 bits per heavy atom. The highest BCUT2D eigenvalue weighted by Crippen LogP contribution is 2.37. The van der Waals surface area contributed by atoms with Crippen molar-refractivity contribution in [3.05, 3.63) is 65.2 Å². The quantitative estimate of drug-likeness (QED) is 0.316. The largest absolute Gasteiger partial charge is 0.475 e. The van der Waals surface area contributed by atoms with Gasteiger partial charge in [0.05, 0.1) is 22.2 Å². The first-order chi connectivity index (χ1) is 21.2. The maximum absolute atomic E-state index is 14.4. The fraction of sp³-hybridized carbons (Fsp3) is 0.514. The van der Waals surface area contributed by atoms with E-state index in [0.717, 1.165) is 48.8 Å². The summed E-state index contributed by atoms with van der Waals surface area (Å²) in [5, 5.41) is 10.7. The third kappa shape index (κ3) is 7.49. The molecule has 0 saturated heterocycles. The summed E-state index contributed by atoms with van der Waals surface area (Å²) in [5.74, 6) is 0.480. The fourth-order valence-electron chi connectivity index (χ4n) is 6.72. The zero-order chi connectivity index (χ0) is 32.5. The predicted octanol–water partition coefficient (Wildman–Crippen LogP) is 6.53. The van der Waals surface area contributed by atoms with E-state index in [1.807, 2.05) is 50.8 Å². The molecule has 242 valence electrons. The van der Waals surface area contributed by atoms with Gasteiger partial charge in [0.15, 0.2) is 0 Å². The molecular weight excluding hydrogens is 588 g/mol. The number of sulfonamides is 1. The van der Waals surface area contributed by atoms with E-state index in [-0.39, 0.29) is 47.2 Å². The molecule has 1 aromatic heterocycles. The van der Waals surface area contributed by atoms with Gasteiger partial charge >= 0.3 is 0 Å². The van der Waals surface area contributed by atoms with Gasteiger partial charge in [0, 0.05) is 23.2 Å². The van der Waals surface area contributed by atoms with Crippen LogP contribution in [0.25, 0.3) is 11.3 Å². The number of hydrogen-bond acceptors (Lipinski definition) is 7. The van der Waals surface area contributed by atoms with Crippen LogP contribution < -0.4 is 9.46 Å². The van der Waals surface area contributed by atoms with Crippen molar-refractivity contribution in [3.63, 3.8) is 0 Å². The first-order valence-electron chi connectivity index (χ1n) is 16.0. The molecule has 2 N–H and O–H groups in total. The minimum atomic E-state index is -4.13. The van der Waals surface area contributed by atoms with Crippen molar-refractivity contribution in [2.45, 2.75) is 103 Å². The molecule has 3 aromatic rings. The fourth-order valence-corrected chi connectivity index (χ4v) is 7.71. The highest BCUT2D eigenvalue weighted by molar-refractivity contribution is 7.92. The number of fused-ring (bicyclic) bond motifs is 4. The van der Waals surface area contributed by atoms with Crippen molar-refractivity contribution < 1.29 is 23.1 Å². The lowest BCUT2D eigenvalue weighted by Crippen LogP contribution is -2.52. The van der Waals surface area contributed by atoms with Crippen LogP contribution in [0.2, 0.25) is 0 Å². The number of benzene rings is 2. The number of ether oxygens (including phenoxy) is 1. The maximum atomic E-state index is 14.4. The van der Waals surface area contributed by atoms with Crippen molar-refractivity contribution in [1.82, 2.24) is 14.9 Å². The van der Waals surface area contributed by atoms with Crippen LogP contribution in [-0.4, -0.2) is 58.6 Å². The summed E-state index contributed by atoms with van der Waals surface area (Å²) in [6.45, 7) is 12.2. The molecule has 2 heterocycles. The predicted molar refractivity (Wildman–Crippen MR) is 176 cm³/mol. The molecule has 45 heavy (non-hydrogen) atoms. The zero-order valence-corrected chi connectivity index (χ0v) is 28.0. The van der Waals surface area contributed by atoms with Gasteiger partial charge in [0.1, 0.15) is 6.61 Å². The van der Waals surface area contributed by atoms with Gasteiger partial charge < -0.3 is 14.7 Å². The minimum Gasteiger partial charge on any atom is -0.475 e. The second-order valence-corrected chi connectivity index (χ2v) is 15.3. The number of carbonyl (C=O) groups excluding carboxylic acids is 1. The van der Waals surface area contributed by atoms with E-state index in [2.05, 4.69) is 28.5 Å². The van der Waals surface area contributed by atoms with Crippen molar-refractivity contribution >= 4 is 21.9 Å². The number of nitrogens with one attached hydrogen (secondary N) is 1. The molecule has 9 nitrogen and oxygen atoms in total. The van der Waals surface area contributed by atoms with Crippen LogP contribution in [0.4, 0.5) is 5.95 Å². The van der Waals surface area contributed by atoms with E-state index in [0.29, 0.717) is 23.6 Å². The van der Waals surface area contributed by atoms with Crippen molar-refractivity contribution in [2.24, 2.45) is 11.8 Å². The molecular formula is C35H46N4O5S. The first kappa shape index (κ1) is 32.9. The second-order valence-electron chi connectivity index (χ2n) is 13.6. The van der Waals surface area contributed by atoms with Crippen LogP contribution in [0.3, 0.4) is 0 Å². The van der Waals surface area contributed by atoms with Gasteiger partial charge in [-0.15, -0.1) is 0 Å². The van der Waals surface area contributed by atoms with E-state index >= 15 is 0 Å². The molecule has 1 amide bonds. The molecule has 1 aliphatic heterocycles. The summed E-state index contributed by atoms with van der Waals surface area (Å²) in [7, 11) is -4.13. The Kier molecular flexibility index (Phi) is 9.56. The summed E-state index contributed by atoms with van der Waals surface area (Å²) >= 11 is 0. The summed E-state index contributed by atoms with van der Waals surface area (Å²) in [5.41, 5.74) is 2.93. The van der Waals surface area contributed by atoms with Crippen LogP contribution in [0, 0.1) is 25.7 Å². The summed E-state index contributed by atoms with van der Waals surface area (Å²) in [4.78, 5) is 25.4. The average Bonchev–Trinajstić information content (AvgIpc) is 2.97. The van der Waals surface area contributed by atoms with Crippen molar-refractivity contribution in [2.75, 3.05) is 11.3 Å². The lowest BCUT2D eigenvalue weighted by molar-refractivity contribution is -0.0171. The van der Waals surface area contributed by atoms with Crippen LogP contribution in [0.5, 0.6) is 5.88 Å². The van der Waals surface area contributed by atoms with Gasteiger partial charge in [-0.1, -0.05) is 38.1 Å². The molecule has 1 atom stereocenters. The number of aryl methyl sites for hydroxylation is 2. The third-order valence-electron chi connectivity index (χ3n) is 9.27. The third-order valence-corrected chi connectivity index (χ3v) is 10.6. The Hall–Kier alpha value is -3.50. The topological polar surface area (TPSA) is 122 Å². The van der Waals surface area contributed by atoms with Gasteiger partial charge in [0.2, 0.25) is 11.8 Å². The van der Waals surface area contributed by atoms with E-state index < -0.39 is 15.6 Å². The molecule has 10 heteroatoms. The highest BCUT2D eigenvalue weighted by atomic mass is 32.2. The van der Waals surface area contributed by atoms with E-state index in [9.17, 15) is 18.3 Å². The lowest BCUT2D eigenvalue weighted by Gasteiger charge is -2.43. The Morgan fingerprint density at radius 3 is 2.33 bits per heavy atom. The molecule has 1 aliphatic carbocycles. The first-order valence-corrected chi connectivity index (χ1v) is 17.5. The number of anilines is 1. The molecule has 2 aliphatic rings. The molecule has 1 fully saturated rings. The Balaban J connectivity index is 1.62. The van der Waals surface area contributed by atoms with Crippen molar-refractivity contribution in [1.29, 1.82) is 0 Å². The van der Waals surface area contributed by atoms with Crippen LogP contribution >= 0.6 is 0 Å². The summed E-state index contributed by atoms with van der Waals surface area (Å²) < 4.78 is 36.2. The number of aliphatic hydroxyl groups is 1. The molecule has 5 rings (SSSR count). The number of aromatic nitrogens is 2. The van der Waals surface area contributed by atoms with Gasteiger partial charge in [-0.3, -0.25) is 4.79 Å². The number of rotatable bonds is 6. The standard InChI is InChI=1S/C35H46N4O5S/c1-22(2)13-16-28-21-44-31-20-30(32-23(3)9-7-10-24(32)4)36-34(37-31)38-45(42,43)29-12-8-11-25(19-29)33(40)39(28)27-17-14-26(15-18-27)35(5,6)41/h7-12,19-20,22,26-28,41H,13-18,21H2,1-6H3,(H,36,37,38)/t26-,27-,28-/m1/s1. The van der Waals surface area contributed by atoms with Crippen LogP contribution in [-0.2, 0) is 10.0 Å². The monoisotopic (exact) mass is 634 g/mol. The van der Waals surface area contributed by atoms with E-state index in [1.54, 1.807) is 18.2 Å². The smallest absolute Gasteiger partial charge is 0.264 e. The second kappa shape index (κ2) is 13.1. The number of carbonyl (C=O) groups is 1. The van der Waals surface area contributed by atoms with Crippen LogP contribution in [0.1, 0.15) is 87.7 Å². The van der Waals surface area contributed by atoms with Gasteiger partial charge in [-0.05, 0) is 107 Å². The number of hydrogen-bond donors (Lipinski definition) is 2. The normalized spacial score (nSPS) is 22.1. The Labute approximate surface area is 267 Å². The minimum absolute atomic E-state index is 0.0411. The number of amides is 1. The molecule has 2 aromatic carbocycles. The zero-order valence-electron chi connectivity index (χ0n) is 27.2.